The Hall–Kier alpha value is -2.60. The van der Waals surface area contributed by atoms with E-state index >= 15 is 0 Å². The maximum absolute atomic E-state index is 12.2. The van der Waals surface area contributed by atoms with E-state index in [-0.39, 0.29) is 5.91 Å². The summed E-state index contributed by atoms with van der Waals surface area (Å²) in [7, 11) is 0. The van der Waals surface area contributed by atoms with E-state index in [1.165, 1.54) is 18.4 Å². The van der Waals surface area contributed by atoms with E-state index in [4.69, 9.17) is 5.26 Å². The molecule has 2 aromatic carbocycles. The van der Waals surface area contributed by atoms with Gasteiger partial charge in [-0.1, -0.05) is 36.4 Å². The summed E-state index contributed by atoms with van der Waals surface area (Å²) in [6, 6.07) is 19.6. The van der Waals surface area contributed by atoms with E-state index in [2.05, 4.69) is 41.7 Å². The highest BCUT2D eigenvalue weighted by Crippen LogP contribution is 2.35. The summed E-state index contributed by atoms with van der Waals surface area (Å²) in [5.41, 5.74) is 2.52. The number of amides is 1. The molecule has 0 spiro atoms. The Morgan fingerprint density at radius 3 is 2.50 bits per heavy atom. The standard InChI is InChI=1S/C21H22N2O/c22-14-17-5-4-8-20(13-17)21(24)23-15-16-9-11-19(12-10-16)18-6-2-1-3-7-18/h1-8,13,16,19H,9-12,15H2,(H,23,24)/t16-,19+. The lowest BCUT2D eigenvalue weighted by Crippen LogP contribution is -2.31. The summed E-state index contributed by atoms with van der Waals surface area (Å²) < 4.78 is 0. The normalized spacial score (nSPS) is 20.1. The van der Waals surface area contributed by atoms with Crippen LogP contribution in [-0.2, 0) is 0 Å². The van der Waals surface area contributed by atoms with E-state index in [0.29, 0.717) is 23.0 Å². The van der Waals surface area contributed by atoms with E-state index in [1.54, 1.807) is 24.3 Å². The van der Waals surface area contributed by atoms with Crippen molar-refractivity contribution >= 4 is 5.91 Å². The molecule has 1 aliphatic rings. The molecule has 0 aliphatic heterocycles. The lowest BCUT2D eigenvalue weighted by atomic mass is 9.78. The van der Waals surface area contributed by atoms with Gasteiger partial charge in [-0.15, -0.1) is 0 Å². The molecule has 0 unspecified atom stereocenters. The van der Waals surface area contributed by atoms with E-state index in [0.717, 1.165) is 19.4 Å². The van der Waals surface area contributed by atoms with Gasteiger partial charge in [-0.25, -0.2) is 0 Å². The number of hydrogen-bond donors (Lipinski definition) is 1. The number of benzene rings is 2. The number of carbonyl (C=O) groups is 1. The maximum atomic E-state index is 12.2. The van der Waals surface area contributed by atoms with Gasteiger partial charge >= 0.3 is 0 Å². The summed E-state index contributed by atoms with van der Waals surface area (Å²) >= 11 is 0. The van der Waals surface area contributed by atoms with Crippen molar-refractivity contribution in [3.8, 4) is 6.07 Å². The molecule has 0 atom stereocenters. The number of carbonyl (C=O) groups excluding carboxylic acids is 1. The molecule has 1 N–H and O–H groups in total. The molecule has 0 saturated heterocycles. The maximum Gasteiger partial charge on any atom is 0.251 e. The molecule has 1 aliphatic carbocycles. The van der Waals surface area contributed by atoms with Crippen LogP contribution in [0.3, 0.4) is 0 Å². The molecule has 0 bridgehead atoms. The fourth-order valence-electron chi connectivity index (χ4n) is 3.49. The second kappa shape index (κ2) is 7.79. The summed E-state index contributed by atoms with van der Waals surface area (Å²) in [5, 5.41) is 11.9. The van der Waals surface area contributed by atoms with Crippen LogP contribution in [-0.4, -0.2) is 12.5 Å². The van der Waals surface area contributed by atoms with Gasteiger partial charge in [0.15, 0.2) is 0 Å². The highest BCUT2D eigenvalue weighted by Gasteiger charge is 2.22. The Bertz CT molecular complexity index is 725. The second-order valence-electron chi connectivity index (χ2n) is 6.53. The molecule has 2 aromatic rings. The molecule has 24 heavy (non-hydrogen) atoms. The number of hydrogen-bond acceptors (Lipinski definition) is 2. The monoisotopic (exact) mass is 318 g/mol. The van der Waals surface area contributed by atoms with Gasteiger partial charge in [-0.05, 0) is 61.3 Å². The molecule has 1 fully saturated rings. The van der Waals surface area contributed by atoms with Crippen molar-refractivity contribution in [1.82, 2.24) is 5.32 Å². The van der Waals surface area contributed by atoms with Crippen LogP contribution in [0.15, 0.2) is 54.6 Å². The number of rotatable bonds is 4. The molecule has 1 saturated carbocycles. The van der Waals surface area contributed by atoms with E-state index in [1.807, 2.05) is 0 Å². The largest absolute Gasteiger partial charge is 0.352 e. The first-order valence-corrected chi connectivity index (χ1v) is 8.59. The van der Waals surface area contributed by atoms with Gasteiger partial charge in [0, 0.05) is 12.1 Å². The van der Waals surface area contributed by atoms with Crippen molar-refractivity contribution in [2.45, 2.75) is 31.6 Å². The average molecular weight is 318 g/mol. The third-order valence-corrected chi connectivity index (χ3v) is 4.92. The van der Waals surface area contributed by atoms with Gasteiger partial charge in [-0.3, -0.25) is 4.79 Å². The van der Waals surface area contributed by atoms with Crippen molar-refractivity contribution in [3.63, 3.8) is 0 Å². The molecule has 0 aromatic heterocycles. The van der Waals surface area contributed by atoms with Crippen LogP contribution >= 0.6 is 0 Å². The highest BCUT2D eigenvalue weighted by molar-refractivity contribution is 5.94. The molecule has 3 rings (SSSR count). The lowest BCUT2D eigenvalue weighted by Gasteiger charge is -2.29. The van der Waals surface area contributed by atoms with Gasteiger partial charge in [0.25, 0.3) is 5.91 Å². The quantitative estimate of drug-likeness (QED) is 0.915. The summed E-state index contributed by atoms with van der Waals surface area (Å²) in [4.78, 5) is 12.2. The number of nitrogens with one attached hydrogen (secondary N) is 1. The number of nitriles is 1. The van der Waals surface area contributed by atoms with Crippen LogP contribution in [0.1, 0.15) is 53.1 Å². The van der Waals surface area contributed by atoms with Crippen molar-refractivity contribution in [3.05, 3.63) is 71.3 Å². The highest BCUT2D eigenvalue weighted by atomic mass is 16.1. The van der Waals surface area contributed by atoms with Crippen molar-refractivity contribution < 1.29 is 4.79 Å². The minimum absolute atomic E-state index is 0.0858. The minimum Gasteiger partial charge on any atom is -0.352 e. The zero-order valence-corrected chi connectivity index (χ0v) is 13.7. The third-order valence-electron chi connectivity index (χ3n) is 4.92. The van der Waals surface area contributed by atoms with Gasteiger partial charge in [0.05, 0.1) is 11.6 Å². The first kappa shape index (κ1) is 16.3. The summed E-state index contributed by atoms with van der Waals surface area (Å²) in [5.74, 6) is 1.12. The summed E-state index contributed by atoms with van der Waals surface area (Å²) in [6.45, 7) is 0.719. The first-order chi connectivity index (χ1) is 11.8. The van der Waals surface area contributed by atoms with Crippen LogP contribution in [0.5, 0.6) is 0 Å². The fourth-order valence-corrected chi connectivity index (χ4v) is 3.49. The smallest absolute Gasteiger partial charge is 0.251 e. The summed E-state index contributed by atoms with van der Waals surface area (Å²) in [6.07, 6.45) is 4.68. The predicted molar refractivity (Wildman–Crippen MR) is 94.6 cm³/mol. The molecular weight excluding hydrogens is 296 g/mol. The lowest BCUT2D eigenvalue weighted by molar-refractivity contribution is 0.0943. The van der Waals surface area contributed by atoms with Crippen LogP contribution in [0.25, 0.3) is 0 Å². The van der Waals surface area contributed by atoms with Crippen LogP contribution in [0, 0.1) is 17.2 Å². The Kier molecular flexibility index (Phi) is 5.28. The van der Waals surface area contributed by atoms with Crippen molar-refractivity contribution in [2.24, 2.45) is 5.92 Å². The Labute approximate surface area is 143 Å². The fraction of sp³-hybridized carbons (Fsp3) is 0.333. The molecule has 0 heterocycles. The van der Waals surface area contributed by atoms with Crippen molar-refractivity contribution in [1.29, 1.82) is 5.26 Å². The third kappa shape index (κ3) is 4.02. The topological polar surface area (TPSA) is 52.9 Å². The van der Waals surface area contributed by atoms with Gasteiger partial charge in [0.1, 0.15) is 0 Å². The van der Waals surface area contributed by atoms with Crippen molar-refractivity contribution in [2.75, 3.05) is 6.54 Å². The van der Waals surface area contributed by atoms with Crippen LogP contribution in [0.2, 0.25) is 0 Å². The predicted octanol–water partition coefficient (Wildman–Crippen LogP) is 4.26. The van der Waals surface area contributed by atoms with Gasteiger partial charge in [0.2, 0.25) is 0 Å². The molecule has 0 radical (unpaired) electrons. The van der Waals surface area contributed by atoms with Crippen LogP contribution in [0.4, 0.5) is 0 Å². The minimum atomic E-state index is -0.0858. The van der Waals surface area contributed by atoms with Gasteiger partial charge < -0.3 is 5.32 Å². The first-order valence-electron chi connectivity index (χ1n) is 8.59. The SMILES string of the molecule is N#Cc1cccc(C(=O)NC[C@H]2CC[C@@H](c3ccccc3)CC2)c1. The van der Waals surface area contributed by atoms with Crippen LogP contribution < -0.4 is 5.32 Å². The van der Waals surface area contributed by atoms with E-state index < -0.39 is 0 Å². The molecule has 122 valence electrons. The molecular formula is C21H22N2O. The Balaban J connectivity index is 1.48. The average Bonchev–Trinajstić information content (AvgIpc) is 2.67. The van der Waals surface area contributed by atoms with E-state index in [9.17, 15) is 4.79 Å². The molecule has 1 amide bonds. The molecule has 3 nitrogen and oxygen atoms in total. The number of nitrogens with zero attached hydrogens (tertiary/aromatic N) is 1. The van der Waals surface area contributed by atoms with Gasteiger partial charge in [-0.2, -0.15) is 5.26 Å². The Morgan fingerprint density at radius 2 is 1.79 bits per heavy atom. The Morgan fingerprint density at radius 1 is 1.04 bits per heavy atom. The zero-order valence-electron chi connectivity index (χ0n) is 13.7. The second-order valence-corrected chi connectivity index (χ2v) is 6.53. The zero-order chi connectivity index (χ0) is 16.8. The molecule has 3 heteroatoms.